The average molecular weight is 395 g/mol. The normalized spacial score (nSPS) is 11.8. The van der Waals surface area contributed by atoms with Gasteiger partial charge >= 0.3 is 0 Å². The van der Waals surface area contributed by atoms with Gasteiger partial charge in [-0.05, 0) is 43.2 Å². The van der Waals surface area contributed by atoms with Crippen LogP contribution in [0.2, 0.25) is 0 Å². The third-order valence-corrected chi connectivity index (χ3v) is 6.22. The summed E-state index contributed by atoms with van der Waals surface area (Å²) in [5.41, 5.74) is 3.87. The van der Waals surface area contributed by atoms with Crippen molar-refractivity contribution in [3.8, 4) is 17.2 Å². The monoisotopic (exact) mass is 394 g/mol. The molecule has 0 amide bonds. The van der Waals surface area contributed by atoms with Crippen molar-refractivity contribution in [2.45, 2.75) is 24.8 Å². The van der Waals surface area contributed by atoms with E-state index in [1.165, 1.54) is 18.4 Å². The molecule has 0 bridgehead atoms. The molecule has 0 unspecified atom stereocenters. The molecule has 0 fully saturated rings. The lowest BCUT2D eigenvalue weighted by molar-refractivity contribution is 0.521. The summed E-state index contributed by atoms with van der Waals surface area (Å²) in [6.45, 7) is 4.04. The number of hydrogen-bond acceptors (Lipinski definition) is 5. The van der Waals surface area contributed by atoms with Crippen LogP contribution in [0.25, 0.3) is 22.0 Å². The van der Waals surface area contributed by atoms with Crippen LogP contribution in [-0.2, 0) is 10.0 Å². The first kappa shape index (κ1) is 19.8. The van der Waals surface area contributed by atoms with E-state index in [1.54, 1.807) is 30.5 Å². The third kappa shape index (κ3) is 3.70. The van der Waals surface area contributed by atoms with Crippen LogP contribution in [0, 0.1) is 11.3 Å². The molecular weight excluding hydrogens is 372 g/mol. The van der Waals surface area contributed by atoms with Gasteiger partial charge in [0.05, 0.1) is 21.7 Å². The van der Waals surface area contributed by atoms with Crippen molar-refractivity contribution in [2.24, 2.45) is 0 Å². The van der Waals surface area contributed by atoms with E-state index in [9.17, 15) is 13.7 Å². The first-order valence-electron chi connectivity index (χ1n) is 8.86. The Balaban J connectivity index is 2.05. The predicted molar refractivity (Wildman–Crippen MR) is 112 cm³/mol. The minimum atomic E-state index is -3.45. The highest BCUT2D eigenvalue weighted by atomic mass is 32.2. The van der Waals surface area contributed by atoms with E-state index in [1.807, 2.05) is 32.0 Å². The SMILES string of the molecule is CC(C)Nc1c(C#N)cnc2cc(-c3ccc(S(=O)(=O)N(C)C)cc3)ccc12. The fourth-order valence-corrected chi connectivity index (χ4v) is 3.83. The summed E-state index contributed by atoms with van der Waals surface area (Å²) in [5.74, 6) is 0. The molecule has 1 heterocycles. The number of sulfonamides is 1. The highest BCUT2D eigenvalue weighted by molar-refractivity contribution is 7.89. The number of aromatic nitrogens is 1. The minimum Gasteiger partial charge on any atom is -0.381 e. The van der Waals surface area contributed by atoms with E-state index in [4.69, 9.17) is 0 Å². The molecule has 6 nitrogen and oxygen atoms in total. The zero-order chi connectivity index (χ0) is 20.5. The maximum atomic E-state index is 12.2. The number of benzene rings is 2. The van der Waals surface area contributed by atoms with Crippen LogP contribution < -0.4 is 5.32 Å². The van der Waals surface area contributed by atoms with Crippen LogP contribution in [0.5, 0.6) is 0 Å². The average Bonchev–Trinajstić information content (AvgIpc) is 2.67. The minimum absolute atomic E-state index is 0.184. The molecule has 0 aliphatic rings. The molecule has 0 aliphatic carbocycles. The summed E-state index contributed by atoms with van der Waals surface area (Å²) in [5, 5.41) is 13.6. The summed E-state index contributed by atoms with van der Waals surface area (Å²) >= 11 is 0. The molecule has 0 spiro atoms. The number of nitriles is 1. The molecule has 0 saturated carbocycles. The van der Waals surface area contributed by atoms with E-state index in [-0.39, 0.29) is 10.9 Å². The first-order valence-corrected chi connectivity index (χ1v) is 10.3. The fourth-order valence-electron chi connectivity index (χ4n) is 2.93. The molecule has 1 aromatic heterocycles. The highest BCUT2D eigenvalue weighted by Crippen LogP contribution is 2.30. The van der Waals surface area contributed by atoms with Crippen molar-refractivity contribution < 1.29 is 8.42 Å². The second-order valence-electron chi connectivity index (χ2n) is 7.00. The number of nitrogens with zero attached hydrogens (tertiary/aromatic N) is 3. The van der Waals surface area contributed by atoms with E-state index in [0.717, 1.165) is 27.7 Å². The van der Waals surface area contributed by atoms with Gasteiger partial charge in [0.1, 0.15) is 6.07 Å². The Kier molecular flexibility index (Phi) is 5.36. The lowest BCUT2D eigenvalue weighted by Gasteiger charge is -2.15. The van der Waals surface area contributed by atoms with Crippen LogP contribution in [0.3, 0.4) is 0 Å². The van der Waals surface area contributed by atoms with Gasteiger partial charge in [-0.25, -0.2) is 12.7 Å². The van der Waals surface area contributed by atoms with Crippen molar-refractivity contribution in [3.05, 3.63) is 54.2 Å². The summed E-state index contributed by atoms with van der Waals surface area (Å²) in [4.78, 5) is 4.67. The lowest BCUT2D eigenvalue weighted by Crippen LogP contribution is -2.22. The maximum Gasteiger partial charge on any atom is 0.242 e. The van der Waals surface area contributed by atoms with Gasteiger partial charge in [-0.15, -0.1) is 0 Å². The molecule has 144 valence electrons. The Bertz CT molecular complexity index is 1160. The number of fused-ring (bicyclic) bond motifs is 1. The smallest absolute Gasteiger partial charge is 0.242 e. The molecule has 0 radical (unpaired) electrons. The van der Waals surface area contributed by atoms with Crippen LogP contribution in [0.1, 0.15) is 19.4 Å². The zero-order valence-electron chi connectivity index (χ0n) is 16.3. The maximum absolute atomic E-state index is 12.2. The molecule has 0 saturated heterocycles. The van der Waals surface area contributed by atoms with E-state index < -0.39 is 10.0 Å². The number of nitrogens with one attached hydrogen (secondary N) is 1. The second kappa shape index (κ2) is 7.58. The molecule has 7 heteroatoms. The Labute approximate surface area is 165 Å². The van der Waals surface area contributed by atoms with Crippen LogP contribution in [0.15, 0.2) is 53.6 Å². The molecule has 3 aromatic rings. The highest BCUT2D eigenvalue weighted by Gasteiger charge is 2.17. The van der Waals surface area contributed by atoms with E-state index in [0.29, 0.717) is 5.56 Å². The van der Waals surface area contributed by atoms with Crippen molar-refractivity contribution in [1.82, 2.24) is 9.29 Å². The van der Waals surface area contributed by atoms with Crippen molar-refractivity contribution in [3.63, 3.8) is 0 Å². The van der Waals surface area contributed by atoms with Crippen molar-refractivity contribution in [1.29, 1.82) is 5.26 Å². The zero-order valence-corrected chi connectivity index (χ0v) is 17.1. The second-order valence-corrected chi connectivity index (χ2v) is 9.15. The number of rotatable bonds is 5. The molecular formula is C21H22N4O2S. The first-order chi connectivity index (χ1) is 13.2. The van der Waals surface area contributed by atoms with Crippen LogP contribution in [0.4, 0.5) is 5.69 Å². The number of hydrogen-bond donors (Lipinski definition) is 1. The molecule has 2 aromatic carbocycles. The molecule has 0 atom stereocenters. The summed E-state index contributed by atoms with van der Waals surface area (Å²) in [7, 11) is -0.432. The van der Waals surface area contributed by atoms with Crippen LogP contribution >= 0.6 is 0 Å². The summed E-state index contributed by atoms with van der Waals surface area (Å²) in [6.07, 6.45) is 1.57. The predicted octanol–water partition coefficient (Wildman–Crippen LogP) is 3.84. The van der Waals surface area contributed by atoms with Gasteiger partial charge in [0.15, 0.2) is 0 Å². The topological polar surface area (TPSA) is 86.1 Å². The lowest BCUT2D eigenvalue weighted by atomic mass is 10.0. The van der Waals surface area contributed by atoms with E-state index in [2.05, 4.69) is 16.4 Å². The van der Waals surface area contributed by atoms with Crippen LogP contribution in [-0.4, -0.2) is 37.8 Å². The molecule has 28 heavy (non-hydrogen) atoms. The quantitative estimate of drug-likeness (QED) is 0.710. The standard InChI is InChI=1S/C21H22N4O2S/c1-14(2)24-21-17(12-22)13-23-20-11-16(7-10-19(20)21)15-5-8-18(9-6-15)28(26,27)25(3)4/h5-11,13-14H,1-4H3,(H,23,24). The molecule has 1 N–H and O–H groups in total. The third-order valence-electron chi connectivity index (χ3n) is 4.39. The summed E-state index contributed by atoms with van der Waals surface area (Å²) in [6, 6.07) is 15.0. The summed E-state index contributed by atoms with van der Waals surface area (Å²) < 4.78 is 25.6. The van der Waals surface area contributed by atoms with Crippen molar-refractivity contribution in [2.75, 3.05) is 19.4 Å². The molecule has 0 aliphatic heterocycles. The van der Waals surface area contributed by atoms with Gasteiger partial charge in [-0.2, -0.15) is 5.26 Å². The van der Waals surface area contributed by atoms with Crippen molar-refractivity contribution >= 4 is 26.6 Å². The number of anilines is 1. The van der Waals surface area contributed by atoms with Gasteiger partial charge < -0.3 is 5.32 Å². The Morgan fingerprint density at radius 3 is 2.29 bits per heavy atom. The van der Waals surface area contributed by atoms with Gasteiger partial charge in [0, 0.05) is 31.7 Å². The van der Waals surface area contributed by atoms with Gasteiger partial charge in [-0.3, -0.25) is 4.98 Å². The van der Waals surface area contributed by atoms with Gasteiger partial charge in [0.25, 0.3) is 0 Å². The largest absolute Gasteiger partial charge is 0.381 e. The van der Waals surface area contributed by atoms with Gasteiger partial charge in [0.2, 0.25) is 10.0 Å². The van der Waals surface area contributed by atoms with Gasteiger partial charge in [-0.1, -0.05) is 24.3 Å². The Morgan fingerprint density at radius 2 is 1.71 bits per heavy atom. The Hall–Kier alpha value is -2.95. The van der Waals surface area contributed by atoms with E-state index >= 15 is 0 Å². The molecule has 3 rings (SSSR count). The Morgan fingerprint density at radius 1 is 1.07 bits per heavy atom. The fraction of sp³-hybridized carbons (Fsp3) is 0.238. The number of pyridine rings is 1.